The number of benzene rings is 2. The minimum Gasteiger partial charge on any atom is -0.508 e. The number of aromatic hydroxyl groups is 1. The third kappa shape index (κ3) is 1.29. The maximum absolute atomic E-state index is 9.92. The molecule has 15 heavy (non-hydrogen) atoms. The van der Waals surface area contributed by atoms with Crippen molar-refractivity contribution in [2.45, 2.75) is 5.92 Å². The predicted octanol–water partition coefficient (Wildman–Crippen LogP) is 2.23. The molecular formula is C13H13NO. The fourth-order valence-electron chi connectivity index (χ4n) is 2.21. The number of phenolic OH excluding ortho intramolecular Hbond substituents is 1. The lowest BCUT2D eigenvalue weighted by atomic mass is 9.88. The molecule has 0 aromatic heterocycles. The van der Waals surface area contributed by atoms with Gasteiger partial charge in [-0.25, -0.2) is 0 Å². The first-order valence-electron chi connectivity index (χ1n) is 5.27. The molecule has 0 radical (unpaired) electrons. The van der Waals surface area contributed by atoms with Crippen LogP contribution in [0.1, 0.15) is 11.5 Å². The highest BCUT2D eigenvalue weighted by Crippen LogP contribution is 2.34. The van der Waals surface area contributed by atoms with Crippen LogP contribution in [0.2, 0.25) is 0 Å². The Kier molecular flexibility index (Phi) is 1.89. The zero-order valence-corrected chi connectivity index (χ0v) is 8.40. The Balaban J connectivity index is 2.27. The lowest BCUT2D eigenvalue weighted by Gasteiger charge is -2.29. The molecule has 0 bridgehead atoms. The molecule has 2 aromatic rings. The summed E-state index contributed by atoms with van der Waals surface area (Å²) in [5.74, 6) is 0.899. The van der Waals surface area contributed by atoms with E-state index in [1.54, 1.807) is 6.07 Å². The van der Waals surface area contributed by atoms with Crippen LogP contribution in [-0.2, 0) is 0 Å². The quantitative estimate of drug-likeness (QED) is 0.738. The van der Waals surface area contributed by atoms with Crippen molar-refractivity contribution >= 4 is 10.8 Å². The van der Waals surface area contributed by atoms with Crippen LogP contribution in [0.5, 0.6) is 5.75 Å². The number of hydrogen-bond acceptors (Lipinski definition) is 2. The van der Waals surface area contributed by atoms with Gasteiger partial charge in [-0.2, -0.15) is 0 Å². The third-order valence-corrected chi connectivity index (χ3v) is 3.14. The fraction of sp³-hybridized carbons (Fsp3) is 0.231. The van der Waals surface area contributed by atoms with E-state index >= 15 is 0 Å². The monoisotopic (exact) mass is 199 g/mol. The summed E-state index contributed by atoms with van der Waals surface area (Å²) >= 11 is 0. The molecule has 0 aliphatic carbocycles. The Morgan fingerprint density at radius 3 is 2.60 bits per heavy atom. The highest BCUT2D eigenvalue weighted by Gasteiger charge is 2.23. The minimum atomic E-state index is 0.431. The molecule has 1 fully saturated rings. The van der Waals surface area contributed by atoms with Gasteiger partial charge >= 0.3 is 0 Å². The van der Waals surface area contributed by atoms with Crippen molar-refractivity contribution < 1.29 is 5.11 Å². The Bertz CT molecular complexity index is 503. The van der Waals surface area contributed by atoms with Crippen molar-refractivity contribution in [1.82, 2.24) is 5.32 Å². The van der Waals surface area contributed by atoms with E-state index in [0.29, 0.717) is 11.7 Å². The average Bonchev–Trinajstić information content (AvgIpc) is 2.20. The zero-order valence-electron chi connectivity index (χ0n) is 8.40. The van der Waals surface area contributed by atoms with Crippen molar-refractivity contribution in [3.05, 3.63) is 42.0 Å². The summed E-state index contributed by atoms with van der Waals surface area (Å²) in [5.41, 5.74) is 1.10. The van der Waals surface area contributed by atoms with E-state index in [2.05, 4.69) is 17.4 Å². The average molecular weight is 199 g/mol. The summed E-state index contributed by atoms with van der Waals surface area (Å²) in [5, 5.41) is 15.5. The Morgan fingerprint density at radius 1 is 1.07 bits per heavy atom. The Hall–Kier alpha value is -1.54. The van der Waals surface area contributed by atoms with E-state index in [0.717, 1.165) is 18.7 Å². The van der Waals surface area contributed by atoms with Crippen LogP contribution < -0.4 is 5.32 Å². The molecule has 2 heteroatoms. The van der Waals surface area contributed by atoms with E-state index in [4.69, 9.17) is 0 Å². The molecule has 0 saturated carbocycles. The molecule has 2 nitrogen and oxygen atoms in total. The molecule has 0 atom stereocenters. The Morgan fingerprint density at radius 2 is 1.87 bits per heavy atom. The largest absolute Gasteiger partial charge is 0.508 e. The molecule has 1 aliphatic heterocycles. The first kappa shape index (κ1) is 8.74. The predicted molar refractivity (Wildman–Crippen MR) is 61.2 cm³/mol. The zero-order chi connectivity index (χ0) is 10.3. The molecule has 0 amide bonds. The molecule has 0 spiro atoms. The van der Waals surface area contributed by atoms with Crippen LogP contribution in [0.4, 0.5) is 0 Å². The summed E-state index contributed by atoms with van der Waals surface area (Å²) in [6.45, 7) is 1.95. The van der Waals surface area contributed by atoms with Crippen LogP contribution >= 0.6 is 0 Å². The van der Waals surface area contributed by atoms with Gasteiger partial charge in [-0.3, -0.25) is 0 Å². The van der Waals surface area contributed by atoms with Gasteiger partial charge in [0.05, 0.1) is 0 Å². The number of hydrogen-bond donors (Lipinski definition) is 2. The summed E-state index contributed by atoms with van der Waals surface area (Å²) in [6.07, 6.45) is 0. The van der Waals surface area contributed by atoms with Gasteiger partial charge in [-0.05, 0) is 16.8 Å². The fourth-order valence-corrected chi connectivity index (χ4v) is 2.21. The van der Waals surface area contributed by atoms with E-state index in [-0.39, 0.29) is 0 Å². The molecular weight excluding hydrogens is 186 g/mol. The standard InChI is InChI=1S/C13H13NO/c15-12-6-5-9-3-1-2-4-11(9)13(12)10-7-14-8-10/h1-6,10,14-15H,7-8H2. The van der Waals surface area contributed by atoms with Gasteiger partial charge < -0.3 is 10.4 Å². The van der Waals surface area contributed by atoms with Crippen LogP contribution in [0.15, 0.2) is 36.4 Å². The van der Waals surface area contributed by atoms with Crippen molar-refractivity contribution in [2.24, 2.45) is 0 Å². The summed E-state index contributed by atoms with van der Waals surface area (Å²) in [7, 11) is 0. The summed E-state index contributed by atoms with van der Waals surface area (Å²) in [4.78, 5) is 0. The van der Waals surface area contributed by atoms with E-state index in [9.17, 15) is 5.11 Å². The molecule has 76 valence electrons. The van der Waals surface area contributed by atoms with Gasteiger partial charge in [0.25, 0.3) is 0 Å². The highest BCUT2D eigenvalue weighted by molar-refractivity contribution is 5.88. The van der Waals surface area contributed by atoms with Gasteiger partial charge in [0, 0.05) is 24.6 Å². The number of rotatable bonds is 1. The highest BCUT2D eigenvalue weighted by atomic mass is 16.3. The van der Waals surface area contributed by atoms with Gasteiger partial charge in [-0.1, -0.05) is 30.3 Å². The SMILES string of the molecule is Oc1ccc2ccccc2c1C1CNC1. The van der Waals surface area contributed by atoms with Gasteiger partial charge in [0.1, 0.15) is 5.75 Å². The maximum atomic E-state index is 9.92. The second-order valence-corrected chi connectivity index (χ2v) is 4.07. The lowest BCUT2D eigenvalue weighted by molar-refractivity contribution is 0.416. The molecule has 1 heterocycles. The van der Waals surface area contributed by atoms with E-state index in [1.807, 2.05) is 18.2 Å². The second-order valence-electron chi connectivity index (χ2n) is 4.07. The van der Waals surface area contributed by atoms with Crippen LogP contribution in [0.3, 0.4) is 0 Å². The van der Waals surface area contributed by atoms with Crippen LogP contribution in [0, 0.1) is 0 Å². The van der Waals surface area contributed by atoms with Crippen molar-refractivity contribution in [3.8, 4) is 5.75 Å². The molecule has 2 aromatic carbocycles. The third-order valence-electron chi connectivity index (χ3n) is 3.14. The van der Waals surface area contributed by atoms with Crippen LogP contribution in [0.25, 0.3) is 10.8 Å². The molecule has 1 aliphatic rings. The van der Waals surface area contributed by atoms with E-state index in [1.165, 1.54) is 10.8 Å². The first-order valence-corrected chi connectivity index (χ1v) is 5.27. The second kappa shape index (κ2) is 3.24. The van der Waals surface area contributed by atoms with Gasteiger partial charge in [0.15, 0.2) is 0 Å². The molecule has 2 N–H and O–H groups in total. The van der Waals surface area contributed by atoms with E-state index < -0.39 is 0 Å². The number of nitrogens with one attached hydrogen (secondary N) is 1. The van der Waals surface area contributed by atoms with Gasteiger partial charge in [-0.15, -0.1) is 0 Å². The Labute approximate surface area is 88.5 Å². The lowest BCUT2D eigenvalue weighted by Crippen LogP contribution is -2.39. The molecule has 3 rings (SSSR count). The van der Waals surface area contributed by atoms with Crippen molar-refractivity contribution in [3.63, 3.8) is 0 Å². The van der Waals surface area contributed by atoms with Crippen LogP contribution in [-0.4, -0.2) is 18.2 Å². The summed E-state index contributed by atoms with van der Waals surface area (Å²) < 4.78 is 0. The first-order chi connectivity index (χ1) is 7.36. The number of fused-ring (bicyclic) bond motifs is 1. The number of phenols is 1. The molecule has 0 unspecified atom stereocenters. The van der Waals surface area contributed by atoms with Crippen molar-refractivity contribution in [1.29, 1.82) is 0 Å². The van der Waals surface area contributed by atoms with Gasteiger partial charge in [0.2, 0.25) is 0 Å². The smallest absolute Gasteiger partial charge is 0.119 e. The maximum Gasteiger partial charge on any atom is 0.119 e. The topological polar surface area (TPSA) is 32.3 Å². The van der Waals surface area contributed by atoms with Crippen molar-refractivity contribution in [2.75, 3.05) is 13.1 Å². The summed E-state index contributed by atoms with van der Waals surface area (Å²) in [6, 6.07) is 12.0. The molecule has 1 saturated heterocycles. The minimum absolute atomic E-state index is 0.431. The normalized spacial score (nSPS) is 16.5.